The van der Waals surface area contributed by atoms with Gasteiger partial charge in [0.25, 0.3) is 5.91 Å². The van der Waals surface area contributed by atoms with Gasteiger partial charge < -0.3 is 0 Å². The molecule has 6 heteroatoms. The molecule has 0 saturated carbocycles. The third-order valence-corrected chi connectivity index (χ3v) is 4.55. The zero-order valence-electron chi connectivity index (χ0n) is 11.8. The molecule has 1 fully saturated rings. The van der Waals surface area contributed by atoms with Crippen molar-refractivity contribution in [3.63, 3.8) is 0 Å². The van der Waals surface area contributed by atoms with Gasteiger partial charge in [0.15, 0.2) is 9.84 Å². The average molecular weight is 297 g/mol. The second-order valence-corrected chi connectivity index (χ2v) is 7.04. The second-order valence-electron chi connectivity index (χ2n) is 5.05. The van der Waals surface area contributed by atoms with Gasteiger partial charge in [0.05, 0.1) is 11.5 Å². The van der Waals surface area contributed by atoms with E-state index in [1.807, 2.05) is 0 Å². The van der Waals surface area contributed by atoms with E-state index in [0.717, 1.165) is 25.5 Å². The average Bonchev–Trinajstić information content (AvgIpc) is 2.66. The Morgan fingerprint density at radius 2 is 2.00 bits per heavy atom. The quantitative estimate of drug-likeness (QED) is 0.837. The molecular weight excluding hydrogens is 278 g/mol. The fraction of sp³-hybridized carbons (Fsp3) is 0.500. The molecule has 0 atom stereocenters. The van der Waals surface area contributed by atoms with Crippen LogP contribution in [0.15, 0.2) is 23.1 Å². The summed E-state index contributed by atoms with van der Waals surface area (Å²) in [5.74, 6) is -0.281. The number of amides is 1. The van der Waals surface area contributed by atoms with E-state index in [1.165, 1.54) is 11.1 Å². The van der Waals surface area contributed by atoms with Crippen molar-refractivity contribution in [3.05, 3.63) is 29.3 Å². The minimum absolute atomic E-state index is 0.193. The molecule has 20 heavy (non-hydrogen) atoms. The van der Waals surface area contributed by atoms with Gasteiger partial charge in [-0.3, -0.25) is 9.63 Å². The third-order valence-electron chi connectivity index (χ3n) is 3.31. The van der Waals surface area contributed by atoms with Crippen LogP contribution in [0, 0.1) is 6.92 Å². The summed E-state index contributed by atoms with van der Waals surface area (Å²) in [4.78, 5) is 18.0. The van der Waals surface area contributed by atoms with Crippen LogP contribution in [0.4, 0.5) is 0 Å². The standard InChI is InChI=1S/C14H19NO4S/c1-11-6-7-12(10-13(11)20(2,17)18)14(16)15-8-4-3-5-9-19-15/h6-7,10H,3-5,8-9H2,1-2H3. The predicted octanol–water partition coefficient (Wildman–Crippen LogP) is 1.96. The summed E-state index contributed by atoms with van der Waals surface area (Å²) in [5.41, 5.74) is 0.985. The van der Waals surface area contributed by atoms with Crippen LogP contribution in [0.2, 0.25) is 0 Å². The summed E-state index contributed by atoms with van der Waals surface area (Å²) in [6.07, 6.45) is 4.01. The van der Waals surface area contributed by atoms with Crippen LogP contribution in [-0.4, -0.2) is 38.8 Å². The van der Waals surface area contributed by atoms with Crippen LogP contribution in [0.5, 0.6) is 0 Å². The van der Waals surface area contributed by atoms with Crippen molar-refractivity contribution in [3.8, 4) is 0 Å². The molecule has 110 valence electrons. The Labute approximate surface area is 119 Å². The minimum atomic E-state index is -3.34. The molecule has 2 rings (SSSR count). The zero-order chi connectivity index (χ0) is 14.8. The largest absolute Gasteiger partial charge is 0.277 e. The van der Waals surface area contributed by atoms with Gasteiger partial charge in [-0.2, -0.15) is 0 Å². The van der Waals surface area contributed by atoms with Gasteiger partial charge in [-0.25, -0.2) is 13.5 Å². The number of sulfone groups is 1. The zero-order valence-corrected chi connectivity index (χ0v) is 12.6. The van der Waals surface area contributed by atoms with Gasteiger partial charge in [-0.1, -0.05) is 6.07 Å². The Kier molecular flexibility index (Phi) is 4.45. The molecule has 1 aliphatic rings. The molecule has 1 saturated heterocycles. The van der Waals surface area contributed by atoms with Gasteiger partial charge in [-0.15, -0.1) is 0 Å². The molecule has 1 amide bonds. The highest BCUT2D eigenvalue weighted by molar-refractivity contribution is 7.90. The van der Waals surface area contributed by atoms with Crippen LogP contribution < -0.4 is 0 Å². The Morgan fingerprint density at radius 3 is 2.70 bits per heavy atom. The molecule has 0 aliphatic carbocycles. The van der Waals surface area contributed by atoms with Crippen LogP contribution in [-0.2, 0) is 14.7 Å². The molecule has 5 nitrogen and oxygen atoms in total. The van der Waals surface area contributed by atoms with Crippen molar-refractivity contribution in [1.29, 1.82) is 0 Å². The predicted molar refractivity (Wildman–Crippen MR) is 75.1 cm³/mol. The number of hydrogen-bond acceptors (Lipinski definition) is 4. The van der Waals surface area contributed by atoms with Gasteiger partial charge >= 0.3 is 0 Å². The first-order valence-electron chi connectivity index (χ1n) is 6.65. The maximum Gasteiger partial charge on any atom is 0.277 e. The highest BCUT2D eigenvalue weighted by atomic mass is 32.2. The number of hydroxylamine groups is 2. The van der Waals surface area contributed by atoms with E-state index in [-0.39, 0.29) is 10.8 Å². The monoisotopic (exact) mass is 297 g/mol. The molecule has 1 aliphatic heterocycles. The number of hydrogen-bond donors (Lipinski definition) is 0. The maximum atomic E-state index is 12.3. The number of rotatable bonds is 2. The van der Waals surface area contributed by atoms with Gasteiger partial charge in [0.1, 0.15) is 0 Å². The van der Waals surface area contributed by atoms with Crippen molar-refractivity contribution < 1.29 is 18.0 Å². The smallest absolute Gasteiger partial charge is 0.271 e. The molecule has 0 aromatic heterocycles. The lowest BCUT2D eigenvalue weighted by atomic mass is 10.1. The second kappa shape index (κ2) is 5.93. The van der Waals surface area contributed by atoms with Crippen LogP contribution in [0.25, 0.3) is 0 Å². The number of benzene rings is 1. The van der Waals surface area contributed by atoms with Gasteiger partial charge in [0.2, 0.25) is 0 Å². The highest BCUT2D eigenvalue weighted by Crippen LogP contribution is 2.19. The Bertz CT molecular complexity index is 602. The van der Waals surface area contributed by atoms with E-state index in [2.05, 4.69) is 0 Å². The Hall–Kier alpha value is -1.40. The van der Waals surface area contributed by atoms with Crippen molar-refractivity contribution in [1.82, 2.24) is 5.06 Å². The molecule has 1 aromatic rings. The lowest BCUT2D eigenvalue weighted by Crippen LogP contribution is -2.31. The molecule has 1 heterocycles. The van der Waals surface area contributed by atoms with Crippen LogP contribution >= 0.6 is 0 Å². The molecule has 0 radical (unpaired) electrons. The van der Waals surface area contributed by atoms with E-state index in [4.69, 9.17) is 4.84 Å². The Balaban J connectivity index is 2.30. The van der Waals surface area contributed by atoms with Gasteiger partial charge in [-0.05, 0) is 43.9 Å². The fourth-order valence-electron chi connectivity index (χ4n) is 2.21. The molecule has 1 aromatic carbocycles. The number of carbonyl (C=O) groups excluding carboxylic acids is 1. The molecular formula is C14H19NO4S. The molecule has 0 N–H and O–H groups in total. The summed E-state index contributed by atoms with van der Waals surface area (Å²) in [5, 5.41) is 1.34. The third kappa shape index (κ3) is 3.37. The summed E-state index contributed by atoms with van der Waals surface area (Å²) >= 11 is 0. The van der Waals surface area contributed by atoms with Gasteiger partial charge in [0, 0.05) is 18.4 Å². The number of aryl methyl sites for hydroxylation is 1. The fourth-order valence-corrected chi connectivity index (χ4v) is 3.20. The lowest BCUT2D eigenvalue weighted by molar-refractivity contribution is -0.115. The molecule has 0 spiro atoms. The minimum Gasteiger partial charge on any atom is -0.271 e. The number of nitrogens with zero attached hydrogens (tertiary/aromatic N) is 1. The first kappa shape index (κ1) is 15.0. The van der Waals surface area contributed by atoms with E-state index in [1.54, 1.807) is 19.1 Å². The topological polar surface area (TPSA) is 63.7 Å². The van der Waals surface area contributed by atoms with E-state index in [9.17, 15) is 13.2 Å². The number of carbonyl (C=O) groups is 1. The van der Waals surface area contributed by atoms with Crippen LogP contribution in [0.1, 0.15) is 35.2 Å². The summed E-state index contributed by atoms with van der Waals surface area (Å²) < 4.78 is 23.4. The first-order chi connectivity index (χ1) is 9.39. The van der Waals surface area contributed by atoms with E-state index in [0.29, 0.717) is 24.3 Å². The SMILES string of the molecule is Cc1ccc(C(=O)N2CCCCCO2)cc1S(C)(=O)=O. The summed E-state index contributed by atoms with van der Waals surface area (Å²) in [7, 11) is -3.34. The normalized spacial score (nSPS) is 16.8. The van der Waals surface area contributed by atoms with Crippen molar-refractivity contribution in [2.75, 3.05) is 19.4 Å². The van der Waals surface area contributed by atoms with Crippen LogP contribution in [0.3, 0.4) is 0 Å². The van der Waals surface area contributed by atoms with E-state index < -0.39 is 9.84 Å². The summed E-state index contributed by atoms with van der Waals surface area (Å²) in [6, 6.07) is 4.73. The molecule has 0 unspecified atom stereocenters. The maximum absolute atomic E-state index is 12.3. The molecule has 0 bridgehead atoms. The van der Waals surface area contributed by atoms with Crippen molar-refractivity contribution in [2.24, 2.45) is 0 Å². The van der Waals surface area contributed by atoms with Crippen molar-refractivity contribution in [2.45, 2.75) is 31.1 Å². The highest BCUT2D eigenvalue weighted by Gasteiger charge is 2.21. The Morgan fingerprint density at radius 1 is 1.25 bits per heavy atom. The summed E-state index contributed by atoms with van der Waals surface area (Å²) in [6.45, 7) is 2.78. The van der Waals surface area contributed by atoms with E-state index >= 15 is 0 Å². The first-order valence-corrected chi connectivity index (χ1v) is 8.54. The lowest BCUT2D eigenvalue weighted by Gasteiger charge is -2.19. The van der Waals surface area contributed by atoms with Crippen molar-refractivity contribution >= 4 is 15.7 Å².